The van der Waals surface area contributed by atoms with E-state index in [9.17, 15) is 4.39 Å². The molecular weight excluding hydrogens is 331 g/mol. The van der Waals surface area contributed by atoms with Gasteiger partial charge in [-0.1, -0.05) is 18.6 Å². The lowest BCUT2D eigenvalue weighted by Gasteiger charge is -2.39. The first-order valence-corrected chi connectivity index (χ1v) is 9.67. The van der Waals surface area contributed by atoms with Gasteiger partial charge in [0.2, 0.25) is 0 Å². The second-order valence-corrected chi connectivity index (χ2v) is 7.28. The quantitative estimate of drug-likeness (QED) is 0.814. The highest BCUT2D eigenvalue weighted by Gasteiger charge is 2.26. The highest BCUT2D eigenvalue weighted by Crippen LogP contribution is 2.27. The first kappa shape index (κ1) is 17.7. The molecule has 2 fully saturated rings. The van der Waals surface area contributed by atoms with E-state index in [0.717, 1.165) is 51.7 Å². The minimum atomic E-state index is -0.239. The highest BCUT2D eigenvalue weighted by atomic mass is 19.1. The summed E-state index contributed by atoms with van der Waals surface area (Å²) in [7, 11) is 0. The number of morpholine rings is 1. The molecule has 0 amide bonds. The van der Waals surface area contributed by atoms with E-state index in [-0.39, 0.29) is 5.82 Å². The fourth-order valence-corrected chi connectivity index (χ4v) is 4.03. The standard InChI is InChI=1S/C21H27FN2O2/c22-20-7-2-1-6-19(20)21-9-8-18(26-21)16-24-10-4-3-5-17(24)15-23-11-13-25-14-12-23/h1-2,6-9,17H,3-5,10-16H2. The fourth-order valence-electron chi connectivity index (χ4n) is 4.03. The van der Waals surface area contributed by atoms with E-state index in [1.165, 1.54) is 25.3 Å². The molecule has 0 saturated carbocycles. The number of halogens is 1. The summed E-state index contributed by atoms with van der Waals surface area (Å²) in [4.78, 5) is 5.04. The van der Waals surface area contributed by atoms with Crippen LogP contribution in [0.5, 0.6) is 0 Å². The molecule has 1 unspecified atom stereocenters. The molecular formula is C21H27FN2O2. The summed E-state index contributed by atoms with van der Waals surface area (Å²) >= 11 is 0. The van der Waals surface area contributed by atoms with Crippen LogP contribution in [0.25, 0.3) is 11.3 Å². The molecule has 1 aromatic carbocycles. The van der Waals surface area contributed by atoms with Gasteiger partial charge < -0.3 is 9.15 Å². The van der Waals surface area contributed by atoms with E-state index in [0.29, 0.717) is 17.4 Å². The summed E-state index contributed by atoms with van der Waals surface area (Å²) in [5.41, 5.74) is 0.530. The van der Waals surface area contributed by atoms with E-state index in [4.69, 9.17) is 9.15 Å². The van der Waals surface area contributed by atoms with Crippen LogP contribution >= 0.6 is 0 Å². The number of hydrogen-bond donors (Lipinski definition) is 0. The Hall–Kier alpha value is -1.69. The molecule has 2 aliphatic rings. The maximum absolute atomic E-state index is 14.0. The van der Waals surface area contributed by atoms with Crippen LogP contribution in [0.1, 0.15) is 25.0 Å². The predicted octanol–water partition coefficient (Wildman–Crippen LogP) is 3.77. The third kappa shape index (κ3) is 4.17. The molecule has 0 radical (unpaired) electrons. The number of benzene rings is 1. The van der Waals surface area contributed by atoms with Crippen LogP contribution in [0.15, 0.2) is 40.8 Å². The molecule has 26 heavy (non-hydrogen) atoms. The van der Waals surface area contributed by atoms with Crippen LogP contribution in [0.4, 0.5) is 4.39 Å². The Kier molecular flexibility index (Phi) is 5.68. The number of piperidine rings is 1. The molecule has 4 rings (SSSR count). The molecule has 2 aliphatic heterocycles. The van der Waals surface area contributed by atoms with Crippen molar-refractivity contribution in [3.8, 4) is 11.3 Å². The molecule has 2 saturated heterocycles. The van der Waals surface area contributed by atoms with Gasteiger partial charge in [-0.3, -0.25) is 9.80 Å². The van der Waals surface area contributed by atoms with Crippen molar-refractivity contribution in [2.75, 3.05) is 39.4 Å². The molecule has 0 spiro atoms. The number of nitrogens with zero attached hydrogens (tertiary/aromatic N) is 2. The van der Waals surface area contributed by atoms with Crippen molar-refractivity contribution in [2.45, 2.75) is 31.8 Å². The van der Waals surface area contributed by atoms with E-state index >= 15 is 0 Å². The summed E-state index contributed by atoms with van der Waals surface area (Å²) < 4.78 is 25.4. The average molecular weight is 358 g/mol. The van der Waals surface area contributed by atoms with Crippen LogP contribution in [-0.2, 0) is 11.3 Å². The number of hydrogen-bond acceptors (Lipinski definition) is 4. The Morgan fingerprint density at radius 2 is 1.85 bits per heavy atom. The summed E-state index contributed by atoms with van der Waals surface area (Å²) in [5.74, 6) is 1.29. The minimum absolute atomic E-state index is 0.239. The maximum Gasteiger partial charge on any atom is 0.137 e. The zero-order chi connectivity index (χ0) is 17.8. The zero-order valence-corrected chi connectivity index (χ0v) is 15.2. The molecule has 0 bridgehead atoms. The van der Waals surface area contributed by atoms with Crippen molar-refractivity contribution in [3.05, 3.63) is 48.0 Å². The van der Waals surface area contributed by atoms with Crippen molar-refractivity contribution in [2.24, 2.45) is 0 Å². The molecule has 140 valence electrons. The van der Waals surface area contributed by atoms with Gasteiger partial charge in [0, 0.05) is 25.7 Å². The number of ether oxygens (including phenoxy) is 1. The second-order valence-electron chi connectivity index (χ2n) is 7.28. The van der Waals surface area contributed by atoms with Gasteiger partial charge in [-0.05, 0) is 43.7 Å². The summed E-state index contributed by atoms with van der Waals surface area (Å²) in [6, 6.07) is 11.2. The van der Waals surface area contributed by atoms with Crippen LogP contribution in [-0.4, -0.2) is 55.2 Å². The maximum atomic E-state index is 14.0. The molecule has 1 aromatic heterocycles. The number of rotatable bonds is 5. The van der Waals surface area contributed by atoms with Gasteiger partial charge in [0.25, 0.3) is 0 Å². The average Bonchev–Trinajstić information content (AvgIpc) is 3.13. The van der Waals surface area contributed by atoms with Gasteiger partial charge in [-0.25, -0.2) is 4.39 Å². The van der Waals surface area contributed by atoms with Gasteiger partial charge in [-0.15, -0.1) is 0 Å². The zero-order valence-electron chi connectivity index (χ0n) is 15.2. The Morgan fingerprint density at radius 1 is 1.00 bits per heavy atom. The molecule has 0 N–H and O–H groups in total. The molecule has 5 heteroatoms. The van der Waals surface area contributed by atoms with E-state index < -0.39 is 0 Å². The Balaban J connectivity index is 1.42. The Bertz CT molecular complexity index is 712. The SMILES string of the molecule is Fc1ccccc1-c1ccc(CN2CCCCC2CN2CCOCC2)o1. The van der Waals surface area contributed by atoms with Crippen molar-refractivity contribution < 1.29 is 13.5 Å². The Morgan fingerprint density at radius 3 is 2.69 bits per heavy atom. The fraction of sp³-hybridized carbons (Fsp3) is 0.524. The largest absolute Gasteiger partial charge is 0.460 e. The van der Waals surface area contributed by atoms with Gasteiger partial charge in [0.15, 0.2) is 0 Å². The molecule has 0 aliphatic carbocycles. The predicted molar refractivity (Wildman–Crippen MR) is 99.4 cm³/mol. The van der Waals surface area contributed by atoms with Gasteiger partial charge in [-0.2, -0.15) is 0 Å². The summed E-state index contributed by atoms with van der Waals surface area (Å²) in [5, 5.41) is 0. The number of furan rings is 1. The second kappa shape index (κ2) is 8.33. The van der Waals surface area contributed by atoms with Gasteiger partial charge in [0.05, 0.1) is 25.3 Å². The van der Waals surface area contributed by atoms with E-state index in [1.807, 2.05) is 18.2 Å². The summed E-state index contributed by atoms with van der Waals surface area (Å²) in [6.45, 7) is 6.75. The molecule has 3 heterocycles. The third-order valence-corrected chi connectivity index (χ3v) is 5.48. The van der Waals surface area contributed by atoms with Crippen molar-refractivity contribution in [3.63, 3.8) is 0 Å². The van der Waals surface area contributed by atoms with Gasteiger partial charge >= 0.3 is 0 Å². The topological polar surface area (TPSA) is 28.9 Å². The van der Waals surface area contributed by atoms with Crippen molar-refractivity contribution in [1.29, 1.82) is 0 Å². The van der Waals surface area contributed by atoms with Crippen molar-refractivity contribution in [1.82, 2.24) is 9.80 Å². The molecule has 1 atom stereocenters. The first-order chi connectivity index (χ1) is 12.8. The highest BCUT2D eigenvalue weighted by molar-refractivity contribution is 5.58. The number of likely N-dealkylation sites (tertiary alicyclic amines) is 1. The third-order valence-electron chi connectivity index (χ3n) is 5.48. The lowest BCUT2D eigenvalue weighted by atomic mass is 10.0. The lowest BCUT2D eigenvalue weighted by Crippen LogP contribution is -2.49. The van der Waals surface area contributed by atoms with E-state index in [1.54, 1.807) is 12.1 Å². The van der Waals surface area contributed by atoms with E-state index in [2.05, 4.69) is 9.80 Å². The first-order valence-electron chi connectivity index (χ1n) is 9.67. The van der Waals surface area contributed by atoms with Gasteiger partial charge in [0.1, 0.15) is 17.3 Å². The van der Waals surface area contributed by atoms with Crippen LogP contribution < -0.4 is 0 Å². The smallest absolute Gasteiger partial charge is 0.137 e. The van der Waals surface area contributed by atoms with Crippen LogP contribution in [0.2, 0.25) is 0 Å². The van der Waals surface area contributed by atoms with Crippen molar-refractivity contribution >= 4 is 0 Å². The lowest BCUT2D eigenvalue weighted by molar-refractivity contribution is 0.0142. The normalized spacial score (nSPS) is 22.6. The van der Waals surface area contributed by atoms with Crippen LogP contribution in [0.3, 0.4) is 0 Å². The molecule has 2 aromatic rings. The van der Waals surface area contributed by atoms with Crippen LogP contribution in [0, 0.1) is 5.82 Å². The minimum Gasteiger partial charge on any atom is -0.460 e. The molecule has 4 nitrogen and oxygen atoms in total. The Labute approximate surface area is 154 Å². The summed E-state index contributed by atoms with van der Waals surface area (Å²) in [6.07, 6.45) is 3.77. The monoisotopic (exact) mass is 358 g/mol.